The number of ether oxygens (including phenoxy) is 1. The molecule has 8 nitrogen and oxygen atoms in total. The Hall–Kier alpha value is -3.42. The van der Waals surface area contributed by atoms with Gasteiger partial charge in [0.1, 0.15) is 5.82 Å². The molecule has 26 heavy (non-hydrogen) atoms. The van der Waals surface area contributed by atoms with Crippen LogP contribution >= 0.6 is 0 Å². The standard InChI is InChI=1S/C18H19N5O3/c1-12-21-22-17-14(9-6-10-23(12)17)19-18(25)20-15(11-16(24)26-2)13-7-4-3-5-8-13/h3-10,15H,11H2,1-2H3,(H2,19,20,25)/t15-/m0/s1. The van der Waals surface area contributed by atoms with Gasteiger partial charge >= 0.3 is 12.0 Å². The molecule has 3 rings (SSSR count). The zero-order chi connectivity index (χ0) is 18.5. The number of pyridine rings is 1. The van der Waals surface area contributed by atoms with Crippen LogP contribution in [-0.2, 0) is 9.53 Å². The molecule has 0 bridgehead atoms. The van der Waals surface area contributed by atoms with E-state index in [2.05, 4.69) is 20.8 Å². The average Bonchev–Trinajstić information content (AvgIpc) is 3.04. The van der Waals surface area contributed by atoms with Crippen LogP contribution in [0.3, 0.4) is 0 Å². The maximum atomic E-state index is 12.5. The fourth-order valence-electron chi connectivity index (χ4n) is 2.63. The van der Waals surface area contributed by atoms with Gasteiger partial charge in [-0.05, 0) is 24.6 Å². The fourth-order valence-corrected chi connectivity index (χ4v) is 2.63. The van der Waals surface area contributed by atoms with Crippen molar-refractivity contribution in [1.82, 2.24) is 19.9 Å². The number of anilines is 1. The number of hydrogen-bond acceptors (Lipinski definition) is 5. The highest BCUT2D eigenvalue weighted by Crippen LogP contribution is 2.19. The molecule has 0 aliphatic rings. The molecule has 0 saturated heterocycles. The van der Waals surface area contributed by atoms with Crippen LogP contribution in [0.5, 0.6) is 0 Å². The molecule has 2 heterocycles. The summed E-state index contributed by atoms with van der Waals surface area (Å²) >= 11 is 0. The minimum absolute atomic E-state index is 0.0299. The number of rotatable bonds is 5. The van der Waals surface area contributed by atoms with Crippen LogP contribution in [0.4, 0.5) is 10.5 Å². The first-order valence-corrected chi connectivity index (χ1v) is 8.08. The van der Waals surface area contributed by atoms with Gasteiger partial charge in [0.05, 0.1) is 25.3 Å². The molecule has 1 aromatic carbocycles. The molecule has 0 fully saturated rings. The van der Waals surface area contributed by atoms with Gasteiger partial charge in [-0.15, -0.1) is 10.2 Å². The van der Waals surface area contributed by atoms with Gasteiger partial charge < -0.3 is 15.4 Å². The topological polar surface area (TPSA) is 97.6 Å². The second kappa shape index (κ2) is 7.64. The first kappa shape index (κ1) is 17.4. The van der Waals surface area contributed by atoms with E-state index in [0.29, 0.717) is 11.3 Å². The lowest BCUT2D eigenvalue weighted by molar-refractivity contribution is -0.141. The van der Waals surface area contributed by atoms with Gasteiger partial charge in [0.2, 0.25) is 0 Å². The van der Waals surface area contributed by atoms with Crippen molar-refractivity contribution < 1.29 is 14.3 Å². The average molecular weight is 353 g/mol. The Morgan fingerprint density at radius 2 is 1.92 bits per heavy atom. The third-order valence-corrected chi connectivity index (χ3v) is 3.96. The SMILES string of the molecule is COC(=O)C[C@H](NC(=O)Nc1cccn2c(C)nnc12)c1ccccc1. The minimum Gasteiger partial charge on any atom is -0.469 e. The van der Waals surface area contributed by atoms with Gasteiger partial charge in [-0.2, -0.15) is 0 Å². The first-order valence-electron chi connectivity index (χ1n) is 8.08. The maximum absolute atomic E-state index is 12.5. The predicted molar refractivity (Wildman–Crippen MR) is 95.7 cm³/mol. The summed E-state index contributed by atoms with van der Waals surface area (Å²) in [5.74, 6) is 0.311. The van der Waals surface area contributed by atoms with Gasteiger partial charge in [-0.3, -0.25) is 9.20 Å². The number of aryl methyl sites for hydroxylation is 1. The molecule has 3 aromatic rings. The highest BCUT2D eigenvalue weighted by atomic mass is 16.5. The number of carbonyl (C=O) groups is 2. The molecule has 2 N–H and O–H groups in total. The maximum Gasteiger partial charge on any atom is 0.319 e. The number of esters is 1. The highest BCUT2D eigenvalue weighted by molar-refractivity contribution is 5.93. The number of nitrogens with zero attached hydrogens (tertiary/aromatic N) is 3. The summed E-state index contributed by atoms with van der Waals surface area (Å²) < 4.78 is 6.51. The number of fused-ring (bicyclic) bond motifs is 1. The summed E-state index contributed by atoms with van der Waals surface area (Å²) in [6.45, 7) is 1.83. The van der Waals surface area contributed by atoms with Crippen molar-refractivity contribution in [3.05, 3.63) is 60.0 Å². The summed E-state index contributed by atoms with van der Waals surface area (Å²) in [7, 11) is 1.32. The van der Waals surface area contributed by atoms with Gasteiger partial charge in [0, 0.05) is 6.20 Å². The second-order valence-corrected chi connectivity index (χ2v) is 5.70. The normalized spacial score (nSPS) is 11.8. The van der Waals surface area contributed by atoms with E-state index >= 15 is 0 Å². The van der Waals surface area contributed by atoms with Crippen LogP contribution < -0.4 is 10.6 Å². The fraction of sp³-hybridized carbons (Fsp3) is 0.222. The molecule has 134 valence electrons. The monoisotopic (exact) mass is 353 g/mol. The summed E-state index contributed by atoms with van der Waals surface area (Å²) in [6, 6.07) is 11.8. The van der Waals surface area contributed by atoms with Crippen LogP contribution in [0.1, 0.15) is 23.9 Å². The summed E-state index contributed by atoms with van der Waals surface area (Å²) in [6.07, 6.45) is 1.85. The zero-order valence-electron chi connectivity index (χ0n) is 14.5. The number of hydrogen-bond donors (Lipinski definition) is 2. The Morgan fingerprint density at radius 3 is 2.65 bits per heavy atom. The van der Waals surface area contributed by atoms with Gasteiger partial charge in [0.15, 0.2) is 5.65 Å². The molecule has 8 heteroatoms. The Labute approximate surface area is 150 Å². The molecule has 0 spiro atoms. The largest absolute Gasteiger partial charge is 0.469 e. The quantitative estimate of drug-likeness (QED) is 0.687. The summed E-state index contributed by atoms with van der Waals surface area (Å²) in [5.41, 5.74) is 1.88. The first-order chi connectivity index (χ1) is 12.6. The molecular formula is C18H19N5O3. The number of carbonyl (C=O) groups excluding carboxylic acids is 2. The van der Waals surface area contributed by atoms with Crippen molar-refractivity contribution in [2.45, 2.75) is 19.4 Å². The van der Waals surface area contributed by atoms with Crippen LogP contribution in [0.15, 0.2) is 48.7 Å². The van der Waals surface area contributed by atoms with Crippen molar-refractivity contribution in [1.29, 1.82) is 0 Å². The van der Waals surface area contributed by atoms with E-state index in [4.69, 9.17) is 4.74 Å². The van der Waals surface area contributed by atoms with E-state index < -0.39 is 18.0 Å². The van der Waals surface area contributed by atoms with E-state index in [1.807, 2.05) is 43.5 Å². The molecule has 0 radical (unpaired) electrons. The lowest BCUT2D eigenvalue weighted by atomic mass is 10.0. The lowest BCUT2D eigenvalue weighted by Crippen LogP contribution is -2.34. The van der Waals surface area contributed by atoms with Gasteiger partial charge in [-0.1, -0.05) is 30.3 Å². The van der Waals surface area contributed by atoms with Gasteiger partial charge in [-0.25, -0.2) is 4.79 Å². The van der Waals surface area contributed by atoms with Crippen LogP contribution in [0, 0.1) is 6.92 Å². The predicted octanol–water partition coefficient (Wildman–Crippen LogP) is 2.46. The second-order valence-electron chi connectivity index (χ2n) is 5.70. The molecule has 0 aliphatic carbocycles. The number of nitrogens with one attached hydrogen (secondary N) is 2. The third-order valence-electron chi connectivity index (χ3n) is 3.96. The molecule has 2 amide bonds. The van der Waals surface area contributed by atoms with E-state index in [-0.39, 0.29) is 6.42 Å². The van der Waals surface area contributed by atoms with Gasteiger partial charge in [0.25, 0.3) is 0 Å². The third kappa shape index (κ3) is 3.80. The number of amides is 2. The zero-order valence-corrected chi connectivity index (χ0v) is 14.5. The molecular weight excluding hydrogens is 334 g/mol. The lowest BCUT2D eigenvalue weighted by Gasteiger charge is -2.18. The van der Waals surface area contributed by atoms with E-state index in [0.717, 1.165) is 11.4 Å². The number of aromatic nitrogens is 3. The minimum atomic E-state index is -0.511. The molecule has 1 atom stereocenters. The Bertz CT molecular complexity index is 923. The Balaban J connectivity index is 1.78. The Kier molecular flexibility index (Phi) is 5.12. The highest BCUT2D eigenvalue weighted by Gasteiger charge is 2.19. The number of benzene rings is 1. The van der Waals surface area contributed by atoms with E-state index in [9.17, 15) is 9.59 Å². The smallest absolute Gasteiger partial charge is 0.319 e. The summed E-state index contributed by atoms with van der Waals surface area (Å²) in [5, 5.41) is 13.6. The van der Waals surface area contributed by atoms with Crippen LogP contribution in [0.2, 0.25) is 0 Å². The number of urea groups is 1. The van der Waals surface area contributed by atoms with E-state index in [1.165, 1.54) is 7.11 Å². The molecule has 0 unspecified atom stereocenters. The number of methoxy groups -OCH3 is 1. The van der Waals surface area contributed by atoms with E-state index in [1.54, 1.807) is 16.5 Å². The van der Waals surface area contributed by atoms with Crippen LogP contribution in [-0.4, -0.2) is 33.7 Å². The van der Waals surface area contributed by atoms with Crippen molar-refractivity contribution >= 4 is 23.3 Å². The van der Waals surface area contributed by atoms with Crippen LogP contribution in [0.25, 0.3) is 5.65 Å². The van der Waals surface area contributed by atoms with Crippen molar-refractivity contribution in [2.24, 2.45) is 0 Å². The molecule has 0 aliphatic heterocycles. The van der Waals surface area contributed by atoms with Crippen molar-refractivity contribution in [3.63, 3.8) is 0 Å². The van der Waals surface area contributed by atoms with Crippen molar-refractivity contribution in [3.8, 4) is 0 Å². The molecule has 2 aromatic heterocycles. The van der Waals surface area contributed by atoms with Crippen molar-refractivity contribution in [2.75, 3.05) is 12.4 Å². The Morgan fingerprint density at radius 1 is 1.15 bits per heavy atom. The summed E-state index contributed by atoms with van der Waals surface area (Å²) in [4.78, 5) is 24.2. The molecule has 0 saturated carbocycles.